The molecular formula is C19H15N5O. The SMILES string of the molecule is N/N=C/NC(=O)c1cn(-c2cccc3cccnc23)c2ccccc12. The fraction of sp³-hybridized carbons (Fsp3) is 0. The van der Waals surface area contributed by atoms with Crippen molar-refractivity contribution in [2.75, 3.05) is 0 Å². The Bertz CT molecular complexity index is 1110. The van der Waals surface area contributed by atoms with E-state index in [9.17, 15) is 4.79 Å². The van der Waals surface area contributed by atoms with Gasteiger partial charge in [-0.1, -0.05) is 36.4 Å². The number of carbonyl (C=O) groups excluding carboxylic acids is 1. The molecule has 0 bridgehead atoms. The van der Waals surface area contributed by atoms with Crippen LogP contribution in [0.15, 0.2) is 72.1 Å². The van der Waals surface area contributed by atoms with Gasteiger partial charge in [-0.2, -0.15) is 5.10 Å². The van der Waals surface area contributed by atoms with Crippen LogP contribution >= 0.6 is 0 Å². The van der Waals surface area contributed by atoms with Gasteiger partial charge in [-0.3, -0.25) is 9.78 Å². The van der Waals surface area contributed by atoms with Crippen LogP contribution in [0, 0.1) is 0 Å². The summed E-state index contributed by atoms with van der Waals surface area (Å²) in [5.74, 6) is 4.80. The number of aromatic nitrogens is 2. The summed E-state index contributed by atoms with van der Waals surface area (Å²) >= 11 is 0. The predicted octanol–water partition coefficient (Wildman–Crippen LogP) is 2.81. The van der Waals surface area contributed by atoms with E-state index >= 15 is 0 Å². The zero-order valence-electron chi connectivity index (χ0n) is 13.3. The van der Waals surface area contributed by atoms with Crippen molar-refractivity contribution in [1.29, 1.82) is 0 Å². The van der Waals surface area contributed by atoms with Crippen LogP contribution in [-0.4, -0.2) is 21.8 Å². The Kier molecular flexibility index (Phi) is 3.63. The van der Waals surface area contributed by atoms with Crippen LogP contribution in [0.5, 0.6) is 0 Å². The number of rotatable bonds is 3. The maximum absolute atomic E-state index is 12.4. The molecule has 0 aliphatic heterocycles. The zero-order chi connectivity index (χ0) is 17.2. The van der Waals surface area contributed by atoms with Gasteiger partial charge in [-0.05, 0) is 18.2 Å². The second-order valence-corrected chi connectivity index (χ2v) is 5.53. The molecule has 122 valence electrons. The van der Waals surface area contributed by atoms with E-state index in [0.29, 0.717) is 5.56 Å². The average Bonchev–Trinajstić information content (AvgIpc) is 3.05. The van der Waals surface area contributed by atoms with Crippen LogP contribution in [0.2, 0.25) is 0 Å². The number of hydrogen-bond acceptors (Lipinski definition) is 4. The molecule has 2 aromatic carbocycles. The Morgan fingerprint density at radius 3 is 2.84 bits per heavy atom. The molecule has 2 aromatic heterocycles. The topological polar surface area (TPSA) is 85.3 Å². The summed E-state index contributed by atoms with van der Waals surface area (Å²) < 4.78 is 1.99. The molecule has 2 heterocycles. The van der Waals surface area contributed by atoms with Gasteiger partial charge in [0.1, 0.15) is 6.34 Å². The lowest BCUT2D eigenvalue weighted by atomic mass is 10.1. The van der Waals surface area contributed by atoms with Crippen LogP contribution in [0.4, 0.5) is 0 Å². The molecular weight excluding hydrogens is 314 g/mol. The van der Waals surface area contributed by atoms with E-state index in [1.165, 1.54) is 6.34 Å². The van der Waals surface area contributed by atoms with Gasteiger partial charge >= 0.3 is 0 Å². The Balaban J connectivity index is 1.98. The summed E-state index contributed by atoms with van der Waals surface area (Å²) in [6, 6.07) is 17.7. The third-order valence-corrected chi connectivity index (χ3v) is 4.10. The summed E-state index contributed by atoms with van der Waals surface area (Å²) in [7, 11) is 0. The number of para-hydroxylation sites is 2. The third-order valence-electron chi connectivity index (χ3n) is 4.10. The van der Waals surface area contributed by atoms with Gasteiger partial charge in [0.05, 0.1) is 22.3 Å². The number of nitrogens with two attached hydrogens (primary N) is 1. The van der Waals surface area contributed by atoms with Gasteiger partial charge in [0.25, 0.3) is 5.91 Å². The number of nitrogens with zero attached hydrogens (tertiary/aromatic N) is 3. The second kappa shape index (κ2) is 6.09. The number of carbonyl (C=O) groups is 1. The maximum atomic E-state index is 12.4. The standard InChI is InChI=1S/C19H15N5O/c20-23-12-22-19(25)15-11-24(16-8-2-1-7-14(15)16)17-9-3-5-13-6-4-10-21-18(13)17/h1-12H,20H2,(H,22,23,25). The van der Waals surface area contributed by atoms with Crippen LogP contribution in [-0.2, 0) is 0 Å². The third kappa shape index (κ3) is 2.49. The summed E-state index contributed by atoms with van der Waals surface area (Å²) in [5.41, 5.74) is 3.26. The molecule has 0 aliphatic carbocycles. The van der Waals surface area contributed by atoms with Crippen LogP contribution in [0.1, 0.15) is 10.4 Å². The van der Waals surface area contributed by atoms with Crippen molar-refractivity contribution in [2.45, 2.75) is 0 Å². The van der Waals surface area contributed by atoms with Gasteiger partial charge in [-0.15, -0.1) is 0 Å². The van der Waals surface area contributed by atoms with Gasteiger partial charge in [0.15, 0.2) is 0 Å². The van der Waals surface area contributed by atoms with Crippen molar-refractivity contribution >= 4 is 34.1 Å². The van der Waals surface area contributed by atoms with E-state index in [1.54, 1.807) is 6.20 Å². The fourth-order valence-corrected chi connectivity index (χ4v) is 3.02. The fourth-order valence-electron chi connectivity index (χ4n) is 3.02. The second-order valence-electron chi connectivity index (χ2n) is 5.53. The maximum Gasteiger partial charge on any atom is 0.258 e. The van der Waals surface area contributed by atoms with Crippen molar-refractivity contribution in [2.24, 2.45) is 10.9 Å². The van der Waals surface area contributed by atoms with E-state index in [0.717, 1.165) is 27.5 Å². The minimum atomic E-state index is -0.266. The summed E-state index contributed by atoms with van der Waals surface area (Å²) in [5, 5.41) is 7.76. The van der Waals surface area contributed by atoms with E-state index in [4.69, 9.17) is 5.84 Å². The number of benzene rings is 2. The van der Waals surface area contributed by atoms with Crippen molar-refractivity contribution in [1.82, 2.24) is 14.9 Å². The average molecular weight is 329 g/mol. The molecule has 4 rings (SSSR count). The molecule has 0 aliphatic rings. The molecule has 6 heteroatoms. The minimum absolute atomic E-state index is 0.266. The summed E-state index contributed by atoms with van der Waals surface area (Å²) in [4.78, 5) is 16.9. The Hall–Kier alpha value is -3.67. The van der Waals surface area contributed by atoms with E-state index < -0.39 is 0 Å². The molecule has 0 unspecified atom stereocenters. The predicted molar refractivity (Wildman–Crippen MR) is 98.7 cm³/mol. The Morgan fingerprint density at radius 2 is 1.96 bits per heavy atom. The molecule has 0 saturated carbocycles. The van der Waals surface area contributed by atoms with Crippen molar-refractivity contribution in [3.8, 4) is 5.69 Å². The molecule has 0 spiro atoms. The molecule has 0 atom stereocenters. The number of hydrazone groups is 1. The van der Waals surface area contributed by atoms with E-state index in [-0.39, 0.29) is 5.91 Å². The molecule has 3 N–H and O–H groups in total. The largest absolute Gasteiger partial charge is 0.322 e. The number of fused-ring (bicyclic) bond motifs is 2. The lowest BCUT2D eigenvalue weighted by Crippen LogP contribution is -2.21. The quantitative estimate of drug-likeness (QED) is 0.262. The van der Waals surface area contributed by atoms with Crippen LogP contribution in [0.25, 0.3) is 27.5 Å². The molecule has 0 saturated heterocycles. The number of hydrogen-bond donors (Lipinski definition) is 2. The number of pyridine rings is 1. The molecule has 0 radical (unpaired) electrons. The molecule has 6 nitrogen and oxygen atoms in total. The Labute approximate surface area is 143 Å². The smallest absolute Gasteiger partial charge is 0.258 e. The molecule has 25 heavy (non-hydrogen) atoms. The van der Waals surface area contributed by atoms with Crippen LogP contribution in [0.3, 0.4) is 0 Å². The van der Waals surface area contributed by atoms with Gasteiger partial charge in [0, 0.05) is 23.2 Å². The monoisotopic (exact) mass is 329 g/mol. The summed E-state index contributed by atoms with van der Waals surface area (Å²) in [6.07, 6.45) is 4.75. The first-order valence-corrected chi connectivity index (χ1v) is 7.76. The number of nitrogens with one attached hydrogen (secondary N) is 1. The lowest BCUT2D eigenvalue weighted by Gasteiger charge is -2.08. The van der Waals surface area contributed by atoms with Crippen molar-refractivity contribution < 1.29 is 4.79 Å². The summed E-state index contributed by atoms with van der Waals surface area (Å²) in [6.45, 7) is 0. The molecule has 1 amide bonds. The number of amides is 1. The zero-order valence-corrected chi connectivity index (χ0v) is 13.3. The normalized spacial score (nSPS) is 11.4. The van der Waals surface area contributed by atoms with E-state index in [2.05, 4.69) is 15.4 Å². The van der Waals surface area contributed by atoms with Gasteiger partial charge in [-0.25, -0.2) is 0 Å². The Morgan fingerprint density at radius 1 is 1.12 bits per heavy atom. The lowest BCUT2D eigenvalue weighted by molar-refractivity contribution is 0.0980. The molecule has 4 aromatic rings. The first-order chi connectivity index (χ1) is 12.3. The first-order valence-electron chi connectivity index (χ1n) is 7.76. The highest BCUT2D eigenvalue weighted by Crippen LogP contribution is 2.28. The highest BCUT2D eigenvalue weighted by molar-refractivity contribution is 6.10. The highest BCUT2D eigenvalue weighted by atomic mass is 16.1. The molecule has 0 fully saturated rings. The van der Waals surface area contributed by atoms with Gasteiger partial charge in [0.2, 0.25) is 0 Å². The highest BCUT2D eigenvalue weighted by Gasteiger charge is 2.16. The minimum Gasteiger partial charge on any atom is -0.322 e. The first kappa shape index (κ1) is 14.9. The van der Waals surface area contributed by atoms with E-state index in [1.807, 2.05) is 65.4 Å². The van der Waals surface area contributed by atoms with Crippen molar-refractivity contribution in [3.05, 3.63) is 72.6 Å². The van der Waals surface area contributed by atoms with Crippen LogP contribution < -0.4 is 11.2 Å². The van der Waals surface area contributed by atoms with Gasteiger partial charge < -0.3 is 15.7 Å². The van der Waals surface area contributed by atoms with Crippen molar-refractivity contribution in [3.63, 3.8) is 0 Å².